The van der Waals surface area contributed by atoms with Gasteiger partial charge in [-0.1, -0.05) is 0 Å². The Labute approximate surface area is 101 Å². The molecule has 0 aromatic heterocycles. The minimum atomic E-state index is 0.0240. The molecule has 0 aromatic carbocycles. The molecule has 0 radical (unpaired) electrons. The summed E-state index contributed by atoms with van der Waals surface area (Å²) < 4.78 is 0. The van der Waals surface area contributed by atoms with Crippen molar-refractivity contribution < 1.29 is 9.59 Å². The first-order valence-electron chi connectivity index (χ1n) is 6.60. The van der Waals surface area contributed by atoms with Crippen LogP contribution in [-0.4, -0.2) is 42.0 Å². The second kappa shape index (κ2) is 4.20. The fourth-order valence-electron chi connectivity index (χ4n) is 3.01. The Kier molecular flexibility index (Phi) is 2.68. The van der Waals surface area contributed by atoms with Crippen LogP contribution in [0.5, 0.6) is 0 Å². The lowest BCUT2D eigenvalue weighted by Gasteiger charge is -2.38. The summed E-state index contributed by atoms with van der Waals surface area (Å²) in [6.45, 7) is 1.41. The number of nitrogens with zero attached hydrogens (tertiary/aromatic N) is 1. The molecule has 94 valence electrons. The summed E-state index contributed by atoms with van der Waals surface area (Å²) in [6, 6.07) is 0.477. The van der Waals surface area contributed by atoms with E-state index < -0.39 is 0 Å². The summed E-state index contributed by atoms with van der Waals surface area (Å²) >= 11 is 0. The van der Waals surface area contributed by atoms with Gasteiger partial charge < -0.3 is 15.5 Å². The van der Waals surface area contributed by atoms with E-state index >= 15 is 0 Å². The van der Waals surface area contributed by atoms with E-state index in [0.29, 0.717) is 12.6 Å². The zero-order valence-electron chi connectivity index (χ0n) is 9.95. The van der Waals surface area contributed by atoms with Crippen LogP contribution in [-0.2, 0) is 4.79 Å². The lowest BCUT2D eigenvalue weighted by Crippen LogP contribution is -2.55. The van der Waals surface area contributed by atoms with Crippen LogP contribution in [0.3, 0.4) is 0 Å². The molecule has 5 nitrogen and oxygen atoms in total. The van der Waals surface area contributed by atoms with Crippen LogP contribution in [0.4, 0.5) is 4.79 Å². The molecule has 5 heteroatoms. The summed E-state index contributed by atoms with van der Waals surface area (Å²) in [4.78, 5) is 25.6. The van der Waals surface area contributed by atoms with E-state index in [1.54, 1.807) is 0 Å². The maximum atomic E-state index is 12.1. The van der Waals surface area contributed by atoms with E-state index in [9.17, 15) is 9.59 Å². The van der Waals surface area contributed by atoms with Gasteiger partial charge in [0.05, 0.1) is 12.0 Å². The molecule has 1 aliphatic carbocycles. The fourth-order valence-corrected chi connectivity index (χ4v) is 3.01. The van der Waals surface area contributed by atoms with E-state index in [1.807, 2.05) is 4.90 Å². The summed E-state index contributed by atoms with van der Waals surface area (Å²) in [5, 5.41) is 5.93. The number of piperidine rings is 1. The molecular weight excluding hydrogens is 218 g/mol. The molecule has 17 heavy (non-hydrogen) atoms. The van der Waals surface area contributed by atoms with E-state index in [4.69, 9.17) is 0 Å². The number of amides is 3. The van der Waals surface area contributed by atoms with Gasteiger partial charge in [-0.15, -0.1) is 0 Å². The first-order valence-corrected chi connectivity index (χ1v) is 6.60. The highest BCUT2D eigenvalue weighted by atomic mass is 16.2. The van der Waals surface area contributed by atoms with Crippen molar-refractivity contribution in [2.75, 3.05) is 13.1 Å². The number of fused-ring (bicyclic) bond motifs is 1. The number of nitrogens with one attached hydrogen (secondary N) is 2. The Balaban J connectivity index is 1.65. The molecule has 2 saturated heterocycles. The van der Waals surface area contributed by atoms with Crippen molar-refractivity contribution in [1.82, 2.24) is 15.5 Å². The molecule has 3 fully saturated rings. The minimum absolute atomic E-state index is 0.0240. The van der Waals surface area contributed by atoms with Crippen LogP contribution in [0.1, 0.15) is 32.1 Å². The normalized spacial score (nSPS) is 32.7. The van der Waals surface area contributed by atoms with Crippen LogP contribution in [0, 0.1) is 5.92 Å². The lowest BCUT2D eigenvalue weighted by molar-refractivity contribution is -0.123. The van der Waals surface area contributed by atoms with Gasteiger partial charge in [-0.3, -0.25) is 4.79 Å². The van der Waals surface area contributed by atoms with Crippen LogP contribution < -0.4 is 10.6 Å². The van der Waals surface area contributed by atoms with Crippen molar-refractivity contribution >= 4 is 11.9 Å². The lowest BCUT2D eigenvalue weighted by atomic mass is 9.91. The Bertz CT molecular complexity index is 341. The number of hydrogen-bond acceptors (Lipinski definition) is 2. The quantitative estimate of drug-likeness (QED) is 0.696. The number of carbonyl (C=O) groups is 2. The van der Waals surface area contributed by atoms with E-state index in [1.165, 1.54) is 6.42 Å². The second-order valence-electron chi connectivity index (χ2n) is 5.33. The maximum absolute atomic E-state index is 12.1. The molecule has 2 N–H and O–H groups in total. The van der Waals surface area contributed by atoms with Crippen LogP contribution in [0.15, 0.2) is 0 Å². The van der Waals surface area contributed by atoms with Gasteiger partial charge >= 0.3 is 6.03 Å². The average molecular weight is 237 g/mol. The van der Waals surface area contributed by atoms with Crippen molar-refractivity contribution in [3.63, 3.8) is 0 Å². The third kappa shape index (κ3) is 1.87. The van der Waals surface area contributed by atoms with Gasteiger partial charge in [0.25, 0.3) is 0 Å². The van der Waals surface area contributed by atoms with Gasteiger partial charge in [-0.2, -0.15) is 0 Å². The van der Waals surface area contributed by atoms with E-state index in [-0.39, 0.29) is 23.9 Å². The zero-order valence-corrected chi connectivity index (χ0v) is 9.95. The Morgan fingerprint density at radius 1 is 1.29 bits per heavy atom. The molecule has 3 amide bonds. The molecule has 3 aliphatic rings. The summed E-state index contributed by atoms with van der Waals surface area (Å²) in [5.41, 5.74) is 0. The Hall–Kier alpha value is -1.26. The number of hydrogen-bond donors (Lipinski definition) is 2. The van der Waals surface area contributed by atoms with Crippen molar-refractivity contribution in [1.29, 1.82) is 0 Å². The molecule has 0 bridgehead atoms. The highest BCUT2D eigenvalue weighted by Gasteiger charge is 2.42. The summed E-state index contributed by atoms with van der Waals surface area (Å²) in [6.07, 6.45) is 5.28. The maximum Gasteiger partial charge on any atom is 0.317 e. The second-order valence-corrected chi connectivity index (χ2v) is 5.33. The van der Waals surface area contributed by atoms with Crippen LogP contribution in [0.25, 0.3) is 0 Å². The van der Waals surface area contributed by atoms with E-state index in [0.717, 1.165) is 32.2 Å². The third-order valence-corrected chi connectivity index (χ3v) is 4.29. The van der Waals surface area contributed by atoms with Crippen molar-refractivity contribution in [3.8, 4) is 0 Å². The fraction of sp³-hybridized carbons (Fsp3) is 0.833. The number of rotatable bonds is 1. The molecule has 2 unspecified atom stereocenters. The Morgan fingerprint density at radius 2 is 2.12 bits per heavy atom. The number of likely N-dealkylation sites (tertiary alicyclic amines) is 1. The first kappa shape index (κ1) is 10.9. The van der Waals surface area contributed by atoms with Crippen LogP contribution >= 0.6 is 0 Å². The van der Waals surface area contributed by atoms with Gasteiger partial charge in [0, 0.05) is 19.1 Å². The molecule has 2 aliphatic heterocycles. The monoisotopic (exact) mass is 237 g/mol. The van der Waals surface area contributed by atoms with E-state index in [2.05, 4.69) is 10.6 Å². The van der Waals surface area contributed by atoms with Crippen molar-refractivity contribution in [3.05, 3.63) is 0 Å². The molecule has 0 spiro atoms. The molecular formula is C12H19N3O2. The number of carbonyl (C=O) groups excluding carboxylic acids is 2. The van der Waals surface area contributed by atoms with Gasteiger partial charge in [0.15, 0.2) is 0 Å². The zero-order chi connectivity index (χ0) is 11.8. The molecule has 0 aromatic rings. The highest BCUT2D eigenvalue weighted by molar-refractivity contribution is 5.84. The van der Waals surface area contributed by atoms with Gasteiger partial charge in [-0.25, -0.2) is 4.79 Å². The summed E-state index contributed by atoms with van der Waals surface area (Å²) in [5.74, 6) is 0.145. The smallest absolute Gasteiger partial charge is 0.317 e. The molecule has 1 saturated carbocycles. The van der Waals surface area contributed by atoms with Gasteiger partial charge in [-0.05, 0) is 32.1 Å². The average Bonchev–Trinajstić information content (AvgIpc) is 2.66. The minimum Gasteiger partial charge on any atom is -0.354 e. The molecule has 2 atom stereocenters. The SMILES string of the molecule is O=C1NCC2C1CCCN2C(=O)NC1CCC1. The highest BCUT2D eigenvalue weighted by Crippen LogP contribution is 2.28. The van der Waals surface area contributed by atoms with Gasteiger partial charge in [0.2, 0.25) is 5.91 Å². The number of urea groups is 1. The van der Waals surface area contributed by atoms with Gasteiger partial charge in [0.1, 0.15) is 0 Å². The standard InChI is InChI=1S/C12H19N3O2/c16-11-9-5-2-6-15(10(9)7-13-11)12(17)14-8-3-1-4-8/h8-10H,1-7H2,(H,13,16)(H,14,17). The first-order chi connectivity index (χ1) is 8.25. The predicted molar refractivity (Wildman–Crippen MR) is 62.4 cm³/mol. The largest absolute Gasteiger partial charge is 0.354 e. The third-order valence-electron chi connectivity index (χ3n) is 4.29. The topological polar surface area (TPSA) is 61.4 Å². The van der Waals surface area contributed by atoms with Crippen molar-refractivity contribution in [2.24, 2.45) is 5.92 Å². The molecule has 2 heterocycles. The summed E-state index contributed by atoms with van der Waals surface area (Å²) in [7, 11) is 0. The van der Waals surface area contributed by atoms with Crippen molar-refractivity contribution in [2.45, 2.75) is 44.2 Å². The molecule has 3 rings (SSSR count). The predicted octanol–water partition coefficient (Wildman–Crippen LogP) is 0.459. The Morgan fingerprint density at radius 3 is 2.82 bits per heavy atom. The van der Waals surface area contributed by atoms with Crippen LogP contribution in [0.2, 0.25) is 0 Å².